The predicted molar refractivity (Wildman–Crippen MR) is 89.4 cm³/mol. The molecule has 0 unspecified atom stereocenters. The lowest BCUT2D eigenvalue weighted by Gasteiger charge is -2.05. The number of phenolic OH excluding ortho intramolecular Hbond substituents is 1. The molecule has 122 valence electrons. The van der Waals surface area contributed by atoms with E-state index < -0.39 is 5.97 Å². The third-order valence-electron chi connectivity index (χ3n) is 3.27. The highest BCUT2D eigenvalue weighted by atomic mass is 79.9. The van der Waals surface area contributed by atoms with Gasteiger partial charge in [0.1, 0.15) is 11.3 Å². The molecule has 6 nitrogen and oxygen atoms in total. The molecule has 1 aromatic heterocycles. The van der Waals surface area contributed by atoms with Crippen LogP contribution < -0.4 is 0 Å². The van der Waals surface area contributed by atoms with Gasteiger partial charge < -0.3 is 14.3 Å². The molecule has 0 radical (unpaired) electrons. The molecule has 0 bridgehead atoms. The Labute approximate surface area is 146 Å². The van der Waals surface area contributed by atoms with E-state index in [2.05, 4.69) is 26.1 Å². The van der Waals surface area contributed by atoms with E-state index in [0.29, 0.717) is 5.89 Å². The van der Waals surface area contributed by atoms with Crippen LogP contribution in [0.25, 0.3) is 11.5 Å². The van der Waals surface area contributed by atoms with Crippen LogP contribution in [0.5, 0.6) is 5.75 Å². The first-order valence-electron chi connectivity index (χ1n) is 7.08. The second kappa shape index (κ2) is 6.84. The third kappa shape index (κ3) is 3.46. The van der Waals surface area contributed by atoms with Crippen LogP contribution in [0.15, 0.2) is 51.4 Å². The normalized spacial score (nSPS) is 10.6. The number of aromatic hydroxyl groups is 1. The van der Waals surface area contributed by atoms with E-state index in [0.717, 1.165) is 15.6 Å². The van der Waals surface area contributed by atoms with Crippen molar-refractivity contribution in [2.24, 2.45) is 0 Å². The molecule has 7 heteroatoms. The number of carbonyl (C=O) groups is 1. The van der Waals surface area contributed by atoms with Gasteiger partial charge in [0.15, 0.2) is 6.61 Å². The van der Waals surface area contributed by atoms with Crippen molar-refractivity contribution < 1.29 is 19.1 Å². The maximum Gasteiger partial charge on any atom is 0.342 e. The number of aromatic nitrogens is 2. The minimum absolute atomic E-state index is 0.0890. The maximum absolute atomic E-state index is 12.0. The number of hydrogen-bond donors (Lipinski definition) is 1. The fourth-order valence-corrected chi connectivity index (χ4v) is 2.53. The van der Waals surface area contributed by atoms with E-state index >= 15 is 0 Å². The van der Waals surface area contributed by atoms with Gasteiger partial charge in [0.2, 0.25) is 5.89 Å². The second-order valence-electron chi connectivity index (χ2n) is 5.08. The van der Waals surface area contributed by atoms with Gasteiger partial charge in [-0.25, -0.2) is 4.79 Å². The number of halogens is 1. The number of esters is 1. The quantitative estimate of drug-likeness (QED) is 0.682. The molecule has 24 heavy (non-hydrogen) atoms. The molecule has 0 spiro atoms. The molecule has 0 aliphatic rings. The van der Waals surface area contributed by atoms with E-state index in [4.69, 9.17) is 9.15 Å². The Morgan fingerprint density at radius 2 is 2.04 bits per heavy atom. The van der Waals surface area contributed by atoms with Crippen molar-refractivity contribution in [2.75, 3.05) is 0 Å². The van der Waals surface area contributed by atoms with E-state index in [1.807, 2.05) is 31.2 Å². The Balaban J connectivity index is 1.69. The minimum atomic E-state index is -0.659. The smallest absolute Gasteiger partial charge is 0.342 e. The summed E-state index contributed by atoms with van der Waals surface area (Å²) in [5.74, 6) is -0.292. The van der Waals surface area contributed by atoms with E-state index in [1.165, 1.54) is 12.1 Å². The van der Waals surface area contributed by atoms with Gasteiger partial charge in [-0.15, -0.1) is 10.2 Å². The maximum atomic E-state index is 12.0. The van der Waals surface area contributed by atoms with Gasteiger partial charge in [-0.3, -0.25) is 0 Å². The summed E-state index contributed by atoms with van der Waals surface area (Å²) in [6.07, 6.45) is 0. The number of aryl methyl sites for hydroxylation is 1. The largest absolute Gasteiger partial charge is 0.507 e. The molecule has 1 heterocycles. The van der Waals surface area contributed by atoms with Gasteiger partial charge in [-0.05, 0) is 52.7 Å². The van der Waals surface area contributed by atoms with E-state index in [9.17, 15) is 9.90 Å². The van der Waals surface area contributed by atoms with Crippen LogP contribution in [0.2, 0.25) is 0 Å². The Hall–Kier alpha value is -2.67. The first-order valence-corrected chi connectivity index (χ1v) is 7.88. The molecule has 0 saturated carbocycles. The van der Waals surface area contributed by atoms with Gasteiger partial charge in [0.25, 0.3) is 5.89 Å². The highest BCUT2D eigenvalue weighted by molar-refractivity contribution is 9.10. The van der Waals surface area contributed by atoms with Crippen molar-refractivity contribution in [1.29, 1.82) is 0 Å². The van der Waals surface area contributed by atoms with Crippen LogP contribution in [0.1, 0.15) is 21.8 Å². The SMILES string of the molecule is Cc1ccc(C(=O)OCc2nnc(-c3ccccc3Br)o2)c(O)c1. The number of phenols is 1. The topological polar surface area (TPSA) is 85.5 Å². The molecule has 0 fully saturated rings. The Morgan fingerprint density at radius 1 is 1.25 bits per heavy atom. The molecule has 0 aliphatic carbocycles. The third-order valence-corrected chi connectivity index (χ3v) is 3.96. The first kappa shape index (κ1) is 16.2. The molecule has 1 N–H and O–H groups in total. The van der Waals surface area contributed by atoms with Crippen LogP contribution in [0, 0.1) is 6.92 Å². The van der Waals surface area contributed by atoms with Gasteiger partial charge in [0, 0.05) is 4.47 Å². The number of rotatable bonds is 4. The zero-order chi connectivity index (χ0) is 17.1. The van der Waals surface area contributed by atoms with Crippen molar-refractivity contribution >= 4 is 21.9 Å². The Bertz CT molecular complexity index is 892. The van der Waals surface area contributed by atoms with Gasteiger partial charge in [0.05, 0.1) is 5.56 Å². The summed E-state index contributed by atoms with van der Waals surface area (Å²) in [5, 5.41) is 17.6. The highest BCUT2D eigenvalue weighted by Gasteiger charge is 2.16. The summed E-state index contributed by atoms with van der Waals surface area (Å²) in [6, 6.07) is 12.1. The average Bonchev–Trinajstić information content (AvgIpc) is 3.02. The summed E-state index contributed by atoms with van der Waals surface area (Å²) in [4.78, 5) is 12.0. The van der Waals surface area contributed by atoms with Gasteiger partial charge in [-0.2, -0.15) is 0 Å². The van der Waals surface area contributed by atoms with Crippen LogP contribution in [-0.4, -0.2) is 21.3 Å². The molecule has 0 amide bonds. The molecule has 2 aromatic carbocycles. The number of hydrogen-bond acceptors (Lipinski definition) is 6. The Kier molecular flexibility index (Phi) is 4.61. The van der Waals surface area contributed by atoms with Crippen molar-refractivity contribution in [2.45, 2.75) is 13.5 Å². The summed E-state index contributed by atoms with van der Waals surface area (Å²) in [5.41, 5.74) is 1.68. The summed E-state index contributed by atoms with van der Waals surface area (Å²) in [7, 11) is 0. The number of carbonyl (C=O) groups excluding carboxylic acids is 1. The number of ether oxygens (including phenoxy) is 1. The van der Waals surface area contributed by atoms with E-state index in [-0.39, 0.29) is 23.8 Å². The predicted octanol–water partition coefficient (Wildman–Crippen LogP) is 3.87. The van der Waals surface area contributed by atoms with Crippen molar-refractivity contribution in [3.63, 3.8) is 0 Å². The van der Waals surface area contributed by atoms with Crippen LogP contribution >= 0.6 is 15.9 Å². The standard InChI is InChI=1S/C17H13BrN2O4/c1-10-6-7-12(14(21)8-10)17(22)23-9-15-19-20-16(24-15)11-4-2-3-5-13(11)18/h2-8,21H,9H2,1H3. The summed E-state index contributed by atoms with van der Waals surface area (Å²) in [6.45, 7) is 1.64. The molecule has 0 aliphatic heterocycles. The van der Waals surface area contributed by atoms with Crippen LogP contribution in [-0.2, 0) is 11.3 Å². The molecular formula is C17H13BrN2O4. The summed E-state index contributed by atoms with van der Waals surface area (Å²) < 4.78 is 11.4. The molecule has 3 rings (SSSR count). The van der Waals surface area contributed by atoms with Gasteiger partial charge >= 0.3 is 5.97 Å². The lowest BCUT2D eigenvalue weighted by molar-refractivity contribution is 0.0435. The number of nitrogens with zero attached hydrogens (tertiary/aromatic N) is 2. The van der Waals surface area contributed by atoms with Gasteiger partial charge in [-0.1, -0.05) is 18.2 Å². The van der Waals surface area contributed by atoms with Crippen LogP contribution in [0.3, 0.4) is 0 Å². The zero-order valence-electron chi connectivity index (χ0n) is 12.7. The fraction of sp³-hybridized carbons (Fsp3) is 0.118. The number of benzene rings is 2. The molecule has 0 atom stereocenters. The second-order valence-corrected chi connectivity index (χ2v) is 5.93. The fourth-order valence-electron chi connectivity index (χ4n) is 2.07. The van der Waals surface area contributed by atoms with Crippen molar-refractivity contribution in [3.05, 3.63) is 64.0 Å². The Morgan fingerprint density at radius 3 is 2.79 bits per heavy atom. The first-order chi connectivity index (χ1) is 11.5. The molecule has 0 saturated heterocycles. The average molecular weight is 389 g/mol. The minimum Gasteiger partial charge on any atom is -0.507 e. The van der Waals surface area contributed by atoms with Crippen molar-refractivity contribution in [1.82, 2.24) is 10.2 Å². The lowest BCUT2D eigenvalue weighted by atomic mass is 10.1. The van der Waals surface area contributed by atoms with Crippen molar-refractivity contribution in [3.8, 4) is 17.2 Å². The monoisotopic (exact) mass is 388 g/mol. The lowest BCUT2D eigenvalue weighted by Crippen LogP contribution is -2.05. The van der Waals surface area contributed by atoms with Crippen LogP contribution in [0.4, 0.5) is 0 Å². The molecule has 3 aromatic rings. The molecular weight excluding hydrogens is 376 g/mol. The highest BCUT2D eigenvalue weighted by Crippen LogP contribution is 2.27. The van der Waals surface area contributed by atoms with E-state index in [1.54, 1.807) is 6.07 Å². The zero-order valence-corrected chi connectivity index (χ0v) is 14.3. The summed E-state index contributed by atoms with van der Waals surface area (Å²) >= 11 is 3.41.